The fraction of sp³-hybridized carbons (Fsp3) is 0.727. The van der Waals surface area contributed by atoms with Crippen molar-refractivity contribution in [2.75, 3.05) is 13.1 Å². The van der Waals surface area contributed by atoms with Crippen molar-refractivity contribution < 1.29 is 29.3 Å². The van der Waals surface area contributed by atoms with Gasteiger partial charge in [0.15, 0.2) is 0 Å². The van der Waals surface area contributed by atoms with Crippen molar-refractivity contribution in [1.29, 1.82) is 0 Å². The molecule has 19 heavy (non-hydrogen) atoms. The third-order valence-electron chi connectivity index (χ3n) is 1.37. The fourth-order valence-electron chi connectivity index (χ4n) is 0.709. The number of nitrogens with two attached hydrogens (primary N) is 1. The molecule has 0 aliphatic carbocycles. The van der Waals surface area contributed by atoms with Gasteiger partial charge in [0.1, 0.15) is 5.60 Å². The molecule has 0 saturated heterocycles. The molecule has 0 aliphatic heterocycles. The summed E-state index contributed by atoms with van der Waals surface area (Å²) >= 11 is 0. The highest BCUT2D eigenvalue weighted by molar-refractivity contribution is 5.70. The van der Waals surface area contributed by atoms with Crippen molar-refractivity contribution in [2.24, 2.45) is 5.73 Å². The summed E-state index contributed by atoms with van der Waals surface area (Å²) in [6, 6.07) is 0. The molecular weight excluding hydrogens is 256 g/mol. The summed E-state index contributed by atoms with van der Waals surface area (Å²) in [7, 11) is 0. The molecule has 1 amide bonds. The number of rotatable bonds is 5. The normalized spacial score (nSPS) is 9.89. The molecule has 0 fully saturated rings. The Bertz CT molecular complexity index is 298. The van der Waals surface area contributed by atoms with E-state index in [-0.39, 0.29) is 25.9 Å². The first kappa shape index (κ1) is 19.5. The third-order valence-corrected chi connectivity index (χ3v) is 1.37. The second-order valence-corrected chi connectivity index (χ2v) is 4.50. The van der Waals surface area contributed by atoms with Gasteiger partial charge in [-0.2, -0.15) is 0 Å². The molecule has 8 heteroatoms. The van der Waals surface area contributed by atoms with Gasteiger partial charge in [0.25, 0.3) is 0 Å². The highest BCUT2D eigenvalue weighted by atomic mass is 16.6. The Morgan fingerprint density at radius 3 is 1.84 bits per heavy atom. The number of hydrogen-bond acceptors (Lipinski definition) is 5. The van der Waals surface area contributed by atoms with Crippen molar-refractivity contribution in [3.8, 4) is 0 Å². The van der Waals surface area contributed by atoms with E-state index in [9.17, 15) is 14.4 Å². The number of hydrogen-bond donors (Lipinski definition) is 4. The van der Waals surface area contributed by atoms with Gasteiger partial charge in [-0.15, -0.1) is 0 Å². The van der Waals surface area contributed by atoms with E-state index in [0.29, 0.717) is 0 Å². The van der Waals surface area contributed by atoms with Crippen molar-refractivity contribution in [3.63, 3.8) is 0 Å². The summed E-state index contributed by atoms with van der Waals surface area (Å²) in [6.07, 6.45) is -0.618. The van der Waals surface area contributed by atoms with Crippen LogP contribution in [-0.4, -0.2) is 46.9 Å². The Morgan fingerprint density at radius 2 is 1.58 bits per heavy atom. The van der Waals surface area contributed by atoms with Crippen LogP contribution in [-0.2, 0) is 14.3 Å². The maximum Gasteiger partial charge on any atom is 0.407 e. The van der Waals surface area contributed by atoms with Crippen molar-refractivity contribution >= 4 is 18.0 Å². The van der Waals surface area contributed by atoms with E-state index >= 15 is 0 Å². The number of amides is 1. The lowest BCUT2D eigenvalue weighted by Crippen LogP contribution is -2.33. The number of alkyl carbamates (subject to hydrolysis) is 1. The van der Waals surface area contributed by atoms with Crippen LogP contribution in [0.2, 0.25) is 0 Å². The molecule has 8 nitrogen and oxygen atoms in total. The van der Waals surface area contributed by atoms with Crippen LogP contribution in [0.4, 0.5) is 4.79 Å². The molecule has 0 saturated carbocycles. The van der Waals surface area contributed by atoms with Crippen molar-refractivity contribution in [1.82, 2.24) is 5.32 Å². The first-order chi connectivity index (χ1) is 8.58. The van der Waals surface area contributed by atoms with Gasteiger partial charge in [0, 0.05) is 13.1 Å². The highest BCUT2D eigenvalue weighted by Crippen LogP contribution is 2.06. The van der Waals surface area contributed by atoms with E-state index < -0.39 is 23.6 Å². The van der Waals surface area contributed by atoms with Crippen LogP contribution < -0.4 is 11.1 Å². The van der Waals surface area contributed by atoms with Crippen LogP contribution in [0.25, 0.3) is 0 Å². The zero-order valence-corrected chi connectivity index (χ0v) is 11.4. The van der Waals surface area contributed by atoms with E-state index in [1.54, 1.807) is 20.8 Å². The maximum atomic E-state index is 10.9. The van der Waals surface area contributed by atoms with Gasteiger partial charge in [0.2, 0.25) is 0 Å². The van der Waals surface area contributed by atoms with Crippen LogP contribution >= 0.6 is 0 Å². The van der Waals surface area contributed by atoms with Gasteiger partial charge in [0.05, 0.1) is 12.8 Å². The van der Waals surface area contributed by atoms with Crippen LogP contribution in [0.3, 0.4) is 0 Å². The van der Waals surface area contributed by atoms with Crippen molar-refractivity contribution in [2.45, 2.75) is 39.2 Å². The molecule has 0 atom stereocenters. The molecule has 5 N–H and O–H groups in total. The summed E-state index contributed by atoms with van der Waals surface area (Å²) in [5, 5.41) is 18.4. The molecule has 0 bridgehead atoms. The van der Waals surface area contributed by atoms with Gasteiger partial charge in [-0.3, -0.25) is 9.59 Å². The molecular formula is C11H22N2O6. The minimum atomic E-state index is -0.948. The Morgan fingerprint density at radius 1 is 1.11 bits per heavy atom. The molecule has 0 aliphatic rings. The van der Waals surface area contributed by atoms with Gasteiger partial charge in [-0.05, 0) is 20.8 Å². The molecule has 0 rings (SSSR count). The summed E-state index contributed by atoms with van der Waals surface area (Å²) in [6.45, 7) is 5.54. The molecule has 0 unspecified atom stereocenters. The molecule has 112 valence electrons. The molecule has 0 heterocycles. The number of nitrogens with one attached hydrogen (secondary N) is 1. The number of ether oxygens (including phenoxy) is 1. The van der Waals surface area contributed by atoms with Crippen LogP contribution in [0.15, 0.2) is 0 Å². The number of aliphatic carboxylic acids is 2. The van der Waals surface area contributed by atoms with Gasteiger partial charge in [-0.25, -0.2) is 4.79 Å². The molecule has 0 aromatic rings. The number of carbonyl (C=O) groups excluding carboxylic acids is 1. The summed E-state index contributed by atoms with van der Waals surface area (Å²) in [5.74, 6) is -1.78. The quantitative estimate of drug-likeness (QED) is 0.571. The predicted molar refractivity (Wildman–Crippen MR) is 67.8 cm³/mol. The minimum Gasteiger partial charge on any atom is -0.481 e. The van der Waals surface area contributed by atoms with Crippen LogP contribution in [0.5, 0.6) is 0 Å². The zero-order chi connectivity index (χ0) is 15.5. The highest BCUT2D eigenvalue weighted by Gasteiger charge is 2.15. The average Bonchev–Trinajstić information content (AvgIpc) is 2.14. The number of carboxylic acids is 2. The number of carboxylic acid groups (broad SMARTS) is 2. The summed E-state index contributed by atoms with van der Waals surface area (Å²) in [4.78, 5) is 30.5. The lowest BCUT2D eigenvalue weighted by Gasteiger charge is -2.19. The maximum absolute atomic E-state index is 10.9. The van der Waals surface area contributed by atoms with E-state index in [0.717, 1.165) is 0 Å². The topological polar surface area (TPSA) is 139 Å². The van der Waals surface area contributed by atoms with Gasteiger partial charge in [-0.1, -0.05) is 0 Å². The fourth-order valence-corrected chi connectivity index (χ4v) is 0.709. The Labute approximate surface area is 111 Å². The van der Waals surface area contributed by atoms with Gasteiger partial charge < -0.3 is 26.0 Å². The summed E-state index contributed by atoms with van der Waals surface area (Å²) < 4.78 is 4.88. The van der Waals surface area contributed by atoms with E-state index in [1.807, 2.05) is 0 Å². The zero-order valence-electron chi connectivity index (χ0n) is 11.4. The number of carbonyl (C=O) groups is 3. The Hall–Kier alpha value is -1.83. The van der Waals surface area contributed by atoms with Crippen LogP contribution in [0.1, 0.15) is 33.6 Å². The molecule has 0 spiro atoms. The Balaban J connectivity index is 0. The SMILES string of the molecule is CC(C)(C)OC(=O)NCCC(=O)O.NCCC(=O)O. The van der Waals surface area contributed by atoms with Crippen molar-refractivity contribution in [3.05, 3.63) is 0 Å². The molecule has 0 aromatic heterocycles. The first-order valence-electron chi connectivity index (χ1n) is 5.69. The van der Waals surface area contributed by atoms with E-state index in [4.69, 9.17) is 20.7 Å². The predicted octanol–water partition coefficient (Wildman–Crippen LogP) is 0.406. The smallest absolute Gasteiger partial charge is 0.407 e. The minimum absolute atomic E-state index is 0.0694. The summed E-state index contributed by atoms with van der Waals surface area (Å²) in [5.41, 5.74) is 4.30. The standard InChI is InChI=1S/C8H15NO4.C3H7NO2/c1-8(2,3)13-7(12)9-5-4-6(10)11;4-2-1-3(5)6/h4-5H2,1-3H3,(H,9,12)(H,10,11);1-2,4H2,(H,5,6). The lowest BCUT2D eigenvalue weighted by atomic mass is 10.2. The van der Waals surface area contributed by atoms with Gasteiger partial charge >= 0.3 is 18.0 Å². The second kappa shape index (κ2) is 10.1. The average molecular weight is 278 g/mol. The molecule has 0 radical (unpaired) electrons. The van der Waals surface area contributed by atoms with Crippen LogP contribution in [0, 0.1) is 0 Å². The second-order valence-electron chi connectivity index (χ2n) is 4.50. The van der Waals surface area contributed by atoms with E-state index in [1.165, 1.54) is 0 Å². The largest absolute Gasteiger partial charge is 0.481 e. The first-order valence-corrected chi connectivity index (χ1v) is 5.69. The monoisotopic (exact) mass is 278 g/mol. The molecule has 0 aromatic carbocycles. The third kappa shape index (κ3) is 21.9. The Kier molecular flexibility index (Phi) is 10.4. The lowest BCUT2D eigenvalue weighted by molar-refractivity contribution is -0.137. The van der Waals surface area contributed by atoms with E-state index in [2.05, 4.69) is 5.32 Å².